The van der Waals surface area contributed by atoms with E-state index in [9.17, 15) is 4.79 Å². The van der Waals surface area contributed by atoms with E-state index in [1.54, 1.807) is 0 Å². The molecule has 0 saturated carbocycles. The minimum absolute atomic E-state index is 0.0830. The number of methoxy groups -OCH3 is 1. The van der Waals surface area contributed by atoms with Crippen LogP contribution in [0.4, 0.5) is 0 Å². The van der Waals surface area contributed by atoms with Gasteiger partial charge in [-0.15, -0.1) is 0 Å². The van der Waals surface area contributed by atoms with Crippen molar-refractivity contribution in [3.8, 4) is 0 Å². The quantitative estimate of drug-likeness (QED) is 0.593. The van der Waals surface area contributed by atoms with Gasteiger partial charge in [-0.05, 0) is 12.3 Å². The maximum Gasteiger partial charge on any atom is 0.306 e. The van der Waals surface area contributed by atoms with Gasteiger partial charge in [-0.3, -0.25) is 4.79 Å². The first kappa shape index (κ1) is 13.4. The average Bonchev–Trinajstić information content (AvgIpc) is 2.15. The van der Waals surface area contributed by atoms with Gasteiger partial charge in [0, 0.05) is 12.6 Å². The zero-order valence-electron chi connectivity index (χ0n) is 9.25. The monoisotopic (exact) mass is 203 g/mol. The fraction of sp³-hybridized carbons (Fsp3) is 0.900. The van der Waals surface area contributed by atoms with Crippen LogP contribution in [-0.4, -0.2) is 37.4 Å². The van der Waals surface area contributed by atoms with Gasteiger partial charge in [0.1, 0.15) is 0 Å². The lowest BCUT2D eigenvalue weighted by molar-refractivity contribution is -0.140. The third-order valence-corrected chi connectivity index (χ3v) is 1.97. The second kappa shape index (κ2) is 7.76. The molecule has 0 radical (unpaired) electrons. The van der Waals surface area contributed by atoms with E-state index in [0.29, 0.717) is 18.9 Å². The van der Waals surface area contributed by atoms with Gasteiger partial charge in [-0.1, -0.05) is 13.8 Å². The number of carbonyl (C=O) groups excluding carboxylic acids is 1. The Morgan fingerprint density at radius 2 is 2.14 bits per heavy atom. The maximum absolute atomic E-state index is 10.8. The number of carbonyl (C=O) groups is 1. The molecule has 4 heteroatoms. The van der Waals surface area contributed by atoms with Gasteiger partial charge in [0.2, 0.25) is 0 Å². The van der Waals surface area contributed by atoms with Gasteiger partial charge in [0.05, 0.1) is 20.1 Å². The first-order valence-electron chi connectivity index (χ1n) is 5.01. The molecule has 0 heterocycles. The van der Waals surface area contributed by atoms with Crippen molar-refractivity contribution in [3.63, 3.8) is 0 Å². The number of rotatable bonds is 7. The minimum Gasteiger partial charge on any atom is -0.469 e. The molecule has 84 valence electrons. The lowest BCUT2D eigenvalue weighted by Gasteiger charge is -2.17. The van der Waals surface area contributed by atoms with Crippen molar-refractivity contribution in [1.29, 1.82) is 0 Å². The summed E-state index contributed by atoms with van der Waals surface area (Å²) < 4.78 is 4.51. The van der Waals surface area contributed by atoms with Gasteiger partial charge >= 0.3 is 5.97 Å². The van der Waals surface area contributed by atoms with Crippen molar-refractivity contribution in [2.24, 2.45) is 5.92 Å². The molecule has 0 aromatic rings. The molecule has 0 aromatic carbocycles. The van der Waals surface area contributed by atoms with Crippen LogP contribution in [0.1, 0.15) is 26.7 Å². The highest BCUT2D eigenvalue weighted by atomic mass is 16.5. The highest BCUT2D eigenvalue weighted by Gasteiger charge is 2.09. The SMILES string of the molecule is COC(=O)CCN[C@@H](CO)CC(C)C. The number of hydrogen-bond donors (Lipinski definition) is 2. The molecule has 2 N–H and O–H groups in total. The van der Waals surface area contributed by atoms with Crippen LogP contribution in [0.2, 0.25) is 0 Å². The Kier molecular flexibility index (Phi) is 7.42. The lowest BCUT2D eigenvalue weighted by Crippen LogP contribution is -2.35. The molecule has 0 aliphatic heterocycles. The Morgan fingerprint density at radius 1 is 1.50 bits per heavy atom. The van der Waals surface area contributed by atoms with E-state index in [1.165, 1.54) is 7.11 Å². The molecular weight excluding hydrogens is 182 g/mol. The largest absolute Gasteiger partial charge is 0.469 e. The van der Waals surface area contributed by atoms with Gasteiger partial charge < -0.3 is 15.2 Å². The van der Waals surface area contributed by atoms with Crippen molar-refractivity contribution in [3.05, 3.63) is 0 Å². The van der Waals surface area contributed by atoms with Crippen LogP contribution >= 0.6 is 0 Å². The first-order chi connectivity index (χ1) is 6.60. The van der Waals surface area contributed by atoms with E-state index in [0.717, 1.165) is 6.42 Å². The zero-order chi connectivity index (χ0) is 11.0. The summed E-state index contributed by atoms with van der Waals surface area (Å²) in [5.41, 5.74) is 0. The number of nitrogens with one attached hydrogen (secondary N) is 1. The van der Waals surface area contributed by atoms with Gasteiger partial charge in [-0.25, -0.2) is 0 Å². The summed E-state index contributed by atoms with van der Waals surface area (Å²) in [5.74, 6) is 0.316. The molecule has 0 bridgehead atoms. The van der Waals surface area contributed by atoms with Crippen LogP contribution in [0.5, 0.6) is 0 Å². The standard InChI is InChI=1S/C10H21NO3/c1-8(2)6-9(7-12)11-5-4-10(13)14-3/h8-9,11-12H,4-7H2,1-3H3/t9-/m1/s1. The van der Waals surface area contributed by atoms with E-state index >= 15 is 0 Å². The predicted molar refractivity (Wildman–Crippen MR) is 55.0 cm³/mol. The molecule has 0 fully saturated rings. The maximum atomic E-state index is 10.8. The smallest absolute Gasteiger partial charge is 0.306 e. The third kappa shape index (κ3) is 6.86. The Hall–Kier alpha value is -0.610. The molecule has 14 heavy (non-hydrogen) atoms. The Balaban J connectivity index is 3.57. The van der Waals surface area contributed by atoms with E-state index in [2.05, 4.69) is 23.9 Å². The first-order valence-corrected chi connectivity index (χ1v) is 5.01. The summed E-state index contributed by atoms with van der Waals surface area (Å²) in [5, 5.41) is 12.1. The zero-order valence-corrected chi connectivity index (χ0v) is 9.25. The summed E-state index contributed by atoms with van der Waals surface area (Å²) in [4.78, 5) is 10.8. The lowest BCUT2D eigenvalue weighted by atomic mass is 10.0. The molecule has 0 unspecified atom stereocenters. The molecule has 0 aromatic heterocycles. The highest BCUT2D eigenvalue weighted by Crippen LogP contribution is 2.03. The molecule has 0 aliphatic rings. The fourth-order valence-electron chi connectivity index (χ4n) is 1.27. The van der Waals surface area contributed by atoms with E-state index in [4.69, 9.17) is 5.11 Å². The average molecular weight is 203 g/mol. The second-order valence-corrected chi connectivity index (χ2v) is 3.79. The molecular formula is C10H21NO3. The molecule has 0 amide bonds. The van der Waals surface area contributed by atoms with E-state index in [1.807, 2.05) is 0 Å². The van der Waals surface area contributed by atoms with Gasteiger partial charge in [0.25, 0.3) is 0 Å². The van der Waals surface area contributed by atoms with Crippen molar-refractivity contribution in [2.45, 2.75) is 32.7 Å². The molecule has 0 saturated heterocycles. The minimum atomic E-state index is -0.223. The molecule has 4 nitrogen and oxygen atoms in total. The van der Waals surface area contributed by atoms with Crippen LogP contribution in [0.25, 0.3) is 0 Å². The van der Waals surface area contributed by atoms with E-state index in [-0.39, 0.29) is 18.6 Å². The number of esters is 1. The second-order valence-electron chi connectivity index (χ2n) is 3.79. The molecule has 0 rings (SSSR count). The topological polar surface area (TPSA) is 58.6 Å². The van der Waals surface area contributed by atoms with Gasteiger partial charge in [0.15, 0.2) is 0 Å². The van der Waals surface area contributed by atoms with E-state index < -0.39 is 0 Å². The number of hydrogen-bond acceptors (Lipinski definition) is 4. The summed E-state index contributed by atoms with van der Waals surface area (Å²) in [7, 11) is 1.37. The Labute approximate surface area is 85.6 Å². The fourth-order valence-corrected chi connectivity index (χ4v) is 1.27. The van der Waals surface area contributed by atoms with Crippen LogP contribution < -0.4 is 5.32 Å². The molecule has 0 spiro atoms. The van der Waals surface area contributed by atoms with Crippen LogP contribution in [0.3, 0.4) is 0 Å². The normalized spacial score (nSPS) is 12.9. The van der Waals surface area contributed by atoms with Crippen LogP contribution in [0.15, 0.2) is 0 Å². The van der Waals surface area contributed by atoms with Crippen molar-refractivity contribution in [1.82, 2.24) is 5.32 Å². The van der Waals surface area contributed by atoms with Crippen LogP contribution in [-0.2, 0) is 9.53 Å². The van der Waals surface area contributed by atoms with Crippen molar-refractivity contribution in [2.75, 3.05) is 20.3 Å². The molecule has 1 atom stereocenters. The number of aliphatic hydroxyl groups excluding tert-OH is 1. The predicted octanol–water partition coefficient (Wildman–Crippen LogP) is 0.546. The summed E-state index contributed by atoms with van der Waals surface area (Å²) >= 11 is 0. The Bertz CT molecular complexity index is 159. The van der Waals surface area contributed by atoms with Crippen molar-refractivity contribution < 1.29 is 14.6 Å². The summed E-state index contributed by atoms with van der Waals surface area (Å²) in [6.07, 6.45) is 1.27. The molecule has 0 aliphatic carbocycles. The van der Waals surface area contributed by atoms with Crippen LogP contribution in [0, 0.1) is 5.92 Å². The van der Waals surface area contributed by atoms with Gasteiger partial charge in [-0.2, -0.15) is 0 Å². The number of ether oxygens (including phenoxy) is 1. The Morgan fingerprint density at radius 3 is 2.57 bits per heavy atom. The highest BCUT2D eigenvalue weighted by molar-refractivity contribution is 5.69. The third-order valence-electron chi connectivity index (χ3n) is 1.97. The summed E-state index contributed by atoms with van der Waals surface area (Å²) in [6.45, 7) is 4.87. The number of aliphatic hydroxyl groups is 1. The van der Waals surface area contributed by atoms with Crippen molar-refractivity contribution >= 4 is 5.97 Å². The summed E-state index contributed by atoms with van der Waals surface area (Å²) in [6, 6.07) is 0.0830.